The van der Waals surface area contributed by atoms with Gasteiger partial charge in [0.1, 0.15) is 0 Å². The van der Waals surface area contributed by atoms with Crippen molar-refractivity contribution < 1.29 is 4.79 Å². The largest absolute Gasteiger partial charge is 0.355 e. The Morgan fingerprint density at radius 1 is 1.08 bits per heavy atom. The Morgan fingerprint density at radius 2 is 1.80 bits per heavy atom. The van der Waals surface area contributed by atoms with Crippen LogP contribution in [-0.2, 0) is 17.0 Å². The third kappa shape index (κ3) is 6.99. The second-order valence-electron chi connectivity index (χ2n) is 5.50. The first-order chi connectivity index (χ1) is 12.1. The lowest BCUT2D eigenvalue weighted by atomic mass is 10.1. The molecule has 0 aromatic heterocycles. The van der Waals surface area contributed by atoms with E-state index in [1.54, 1.807) is 30.0 Å². The van der Waals surface area contributed by atoms with Gasteiger partial charge in [-0.15, -0.1) is 11.8 Å². The Labute approximate surface area is 162 Å². The summed E-state index contributed by atoms with van der Waals surface area (Å²) < 4.78 is 0. The molecule has 0 saturated carbocycles. The summed E-state index contributed by atoms with van der Waals surface area (Å²) in [5.41, 5.74) is 2.86. The molecule has 2 aromatic carbocycles. The lowest BCUT2D eigenvalue weighted by Crippen LogP contribution is -2.26. The average molecular weight is 393 g/mol. The van der Waals surface area contributed by atoms with Crippen LogP contribution in [0.1, 0.15) is 23.1 Å². The maximum Gasteiger partial charge on any atom is 0.230 e. The lowest BCUT2D eigenvalue weighted by Gasteiger charge is -2.06. The molecule has 130 valence electrons. The predicted octanol–water partition coefficient (Wildman–Crippen LogP) is 4.85. The van der Waals surface area contributed by atoms with Gasteiger partial charge in [0.2, 0.25) is 5.91 Å². The van der Waals surface area contributed by atoms with Gasteiger partial charge in [-0.2, -0.15) is 5.26 Å². The predicted molar refractivity (Wildman–Crippen MR) is 105 cm³/mol. The lowest BCUT2D eigenvalue weighted by molar-refractivity contribution is -0.118. The Hall–Kier alpha value is -1.67. The summed E-state index contributed by atoms with van der Waals surface area (Å²) in [6.45, 7) is 0.635. The molecule has 0 radical (unpaired) electrons. The molecule has 2 rings (SSSR count). The van der Waals surface area contributed by atoms with E-state index in [0.717, 1.165) is 29.7 Å². The van der Waals surface area contributed by atoms with Gasteiger partial charge in [0.25, 0.3) is 0 Å². The molecule has 0 heterocycles. The smallest absolute Gasteiger partial charge is 0.230 e. The first-order valence-electron chi connectivity index (χ1n) is 7.86. The van der Waals surface area contributed by atoms with Crippen LogP contribution >= 0.6 is 35.0 Å². The maximum atomic E-state index is 11.8. The van der Waals surface area contributed by atoms with Gasteiger partial charge in [-0.3, -0.25) is 4.79 Å². The molecule has 0 aliphatic rings. The Kier molecular flexibility index (Phi) is 8.14. The number of carbonyl (C=O) groups is 1. The number of amides is 1. The normalized spacial score (nSPS) is 10.3. The molecular formula is C19H18Cl2N2OS. The van der Waals surface area contributed by atoms with Gasteiger partial charge in [0, 0.05) is 12.3 Å². The van der Waals surface area contributed by atoms with Gasteiger partial charge in [-0.1, -0.05) is 41.4 Å². The van der Waals surface area contributed by atoms with Gasteiger partial charge in [-0.25, -0.2) is 0 Å². The van der Waals surface area contributed by atoms with Crippen LogP contribution in [0, 0.1) is 11.3 Å². The van der Waals surface area contributed by atoms with E-state index >= 15 is 0 Å². The molecule has 0 spiro atoms. The van der Waals surface area contributed by atoms with E-state index in [0.29, 0.717) is 27.9 Å². The number of hydrogen-bond donors (Lipinski definition) is 1. The fraction of sp³-hybridized carbons (Fsp3) is 0.263. The summed E-state index contributed by atoms with van der Waals surface area (Å²) >= 11 is 13.4. The highest BCUT2D eigenvalue weighted by molar-refractivity contribution is 7.99. The van der Waals surface area contributed by atoms with Crippen molar-refractivity contribution in [2.24, 2.45) is 0 Å². The summed E-state index contributed by atoms with van der Waals surface area (Å²) in [4.78, 5) is 11.8. The molecule has 1 N–H and O–H groups in total. The second-order valence-corrected chi connectivity index (χ2v) is 7.30. The molecule has 0 aliphatic carbocycles. The highest BCUT2D eigenvalue weighted by Crippen LogP contribution is 2.23. The number of carbonyl (C=O) groups excluding carboxylic acids is 1. The van der Waals surface area contributed by atoms with Crippen LogP contribution in [-0.4, -0.2) is 18.2 Å². The molecule has 0 unspecified atom stereocenters. The minimum Gasteiger partial charge on any atom is -0.355 e. The van der Waals surface area contributed by atoms with Crippen molar-refractivity contribution in [1.29, 1.82) is 5.26 Å². The van der Waals surface area contributed by atoms with Crippen LogP contribution in [0.3, 0.4) is 0 Å². The van der Waals surface area contributed by atoms with Crippen LogP contribution in [0.5, 0.6) is 0 Å². The summed E-state index contributed by atoms with van der Waals surface area (Å²) in [6.07, 6.45) is 1.69. The molecule has 0 saturated heterocycles. The monoisotopic (exact) mass is 392 g/mol. The van der Waals surface area contributed by atoms with Gasteiger partial charge < -0.3 is 5.32 Å². The summed E-state index contributed by atoms with van der Waals surface area (Å²) in [5, 5.41) is 12.8. The number of halogens is 2. The van der Waals surface area contributed by atoms with Crippen molar-refractivity contribution in [2.45, 2.75) is 18.6 Å². The molecule has 2 aromatic rings. The highest BCUT2D eigenvalue weighted by atomic mass is 35.5. The van der Waals surface area contributed by atoms with Crippen molar-refractivity contribution in [3.8, 4) is 6.07 Å². The third-order valence-corrected chi connectivity index (χ3v) is 5.28. The number of nitrogens with one attached hydrogen (secondary N) is 1. The highest BCUT2D eigenvalue weighted by Gasteiger charge is 2.03. The molecule has 1 amide bonds. The molecule has 0 fully saturated rings. The van der Waals surface area contributed by atoms with E-state index in [9.17, 15) is 4.79 Å². The van der Waals surface area contributed by atoms with E-state index in [1.165, 1.54) is 0 Å². The quantitative estimate of drug-likeness (QED) is 0.653. The van der Waals surface area contributed by atoms with Gasteiger partial charge in [0.15, 0.2) is 0 Å². The zero-order chi connectivity index (χ0) is 18.1. The molecule has 0 bridgehead atoms. The molecule has 6 heteroatoms. The average Bonchev–Trinajstić information content (AvgIpc) is 2.62. The van der Waals surface area contributed by atoms with Crippen molar-refractivity contribution in [1.82, 2.24) is 5.32 Å². The fourth-order valence-electron chi connectivity index (χ4n) is 2.20. The second kappa shape index (κ2) is 10.4. The van der Waals surface area contributed by atoms with Gasteiger partial charge in [-0.05, 0) is 48.2 Å². The Balaban J connectivity index is 1.60. The number of hydrogen-bond acceptors (Lipinski definition) is 3. The zero-order valence-electron chi connectivity index (χ0n) is 13.6. The van der Waals surface area contributed by atoms with Gasteiger partial charge in [0.05, 0.1) is 27.4 Å². The van der Waals surface area contributed by atoms with Crippen molar-refractivity contribution >= 4 is 40.9 Å². The van der Waals surface area contributed by atoms with Crippen LogP contribution in [0.4, 0.5) is 0 Å². The number of rotatable bonds is 8. The summed E-state index contributed by atoms with van der Waals surface area (Å²) in [6, 6.07) is 15.1. The van der Waals surface area contributed by atoms with Gasteiger partial charge >= 0.3 is 0 Å². The number of thioether (sulfide) groups is 1. The minimum absolute atomic E-state index is 0.0350. The Bertz CT molecular complexity index is 757. The van der Waals surface area contributed by atoms with Crippen molar-refractivity contribution in [2.75, 3.05) is 12.3 Å². The fourth-order valence-corrected chi connectivity index (χ4v) is 3.34. The molecular weight excluding hydrogens is 375 g/mol. The number of aryl methyl sites for hydroxylation is 1. The van der Waals surface area contributed by atoms with E-state index in [-0.39, 0.29) is 5.91 Å². The Morgan fingerprint density at radius 3 is 2.48 bits per heavy atom. The molecule has 0 aliphatic heterocycles. The molecule has 0 atom stereocenters. The summed E-state index contributed by atoms with van der Waals surface area (Å²) in [5.74, 6) is 1.21. The van der Waals surface area contributed by atoms with E-state index in [4.69, 9.17) is 28.5 Å². The van der Waals surface area contributed by atoms with E-state index < -0.39 is 0 Å². The topological polar surface area (TPSA) is 52.9 Å². The first-order valence-corrected chi connectivity index (χ1v) is 9.77. The van der Waals surface area contributed by atoms with Crippen LogP contribution in [0.15, 0.2) is 42.5 Å². The summed E-state index contributed by atoms with van der Waals surface area (Å²) in [7, 11) is 0. The van der Waals surface area contributed by atoms with Crippen LogP contribution in [0.25, 0.3) is 0 Å². The van der Waals surface area contributed by atoms with E-state index in [2.05, 4.69) is 11.4 Å². The van der Waals surface area contributed by atoms with Crippen LogP contribution in [0.2, 0.25) is 10.0 Å². The number of nitrogens with zero attached hydrogens (tertiary/aromatic N) is 1. The maximum absolute atomic E-state index is 11.8. The first kappa shape index (κ1) is 19.7. The van der Waals surface area contributed by atoms with Crippen molar-refractivity contribution in [3.05, 3.63) is 69.2 Å². The van der Waals surface area contributed by atoms with Crippen LogP contribution < -0.4 is 5.32 Å². The molecule has 3 nitrogen and oxygen atoms in total. The number of nitriles is 1. The SMILES string of the molecule is N#Cc1ccc(CSCC(=O)NCCCc2ccc(Cl)c(Cl)c2)cc1. The number of benzene rings is 2. The third-order valence-electron chi connectivity index (χ3n) is 3.53. The van der Waals surface area contributed by atoms with Crippen molar-refractivity contribution in [3.63, 3.8) is 0 Å². The zero-order valence-corrected chi connectivity index (χ0v) is 15.9. The molecule has 25 heavy (non-hydrogen) atoms. The minimum atomic E-state index is 0.0350. The van der Waals surface area contributed by atoms with E-state index in [1.807, 2.05) is 24.3 Å². The standard InChI is InChI=1S/C19H18Cl2N2OS/c20-17-8-7-14(10-18(17)21)2-1-9-23-19(24)13-25-12-16-5-3-15(11-22)4-6-16/h3-8,10H,1-2,9,12-13H2,(H,23,24).